The third kappa shape index (κ3) is 0.872. The molecular formula is C6H10N2OS. The summed E-state index contributed by atoms with van der Waals surface area (Å²) in [6, 6.07) is 0. The second-order valence-electron chi connectivity index (χ2n) is 2.70. The zero-order valence-electron chi connectivity index (χ0n) is 5.75. The summed E-state index contributed by atoms with van der Waals surface area (Å²) in [7, 11) is 0. The third-order valence-corrected chi connectivity index (χ3v) is 3.06. The Hall–Kier alpha value is -0.0600. The Bertz CT molecular complexity index is 177. The molecule has 0 N–H and O–H groups in total. The van der Waals surface area contributed by atoms with Crippen molar-refractivity contribution in [1.82, 2.24) is 0 Å². The number of aliphatic imine (C=N–C) groups is 1. The Kier molecular flexibility index (Phi) is 1.47. The van der Waals surface area contributed by atoms with Crippen molar-refractivity contribution in [2.24, 2.45) is 4.99 Å². The topological polar surface area (TPSA) is 35.4 Å². The highest BCUT2D eigenvalue weighted by molar-refractivity contribution is 8.13. The number of thioether (sulfide) groups is 1. The summed E-state index contributed by atoms with van der Waals surface area (Å²) in [5.74, 6) is 1.01. The van der Waals surface area contributed by atoms with Gasteiger partial charge in [-0.05, 0) is 11.8 Å². The number of hydrogen-bond donors (Lipinski definition) is 0. The fraction of sp³-hybridized carbons (Fsp3) is 0.833. The highest BCUT2D eigenvalue weighted by Crippen LogP contribution is 2.27. The van der Waals surface area contributed by atoms with Crippen LogP contribution in [0.4, 0.5) is 0 Å². The number of hydrogen-bond acceptors (Lipinski definition) is 3. The molecule has 2 aliphatic heterocycles. The van der Waals surface area contributed by atoms with Gasteiger partial charge in [-0.1, -0.05) is 0 Å². The van der Waals surface area contributed by atoms with Crippen LogP contribution in [0.15, 0.2) is 4.99 Å². The van der Waals surface area contributed by atoms with E-state index >= 15 is 0 Å². The van der Waals surface area contributed by atoms with Gasteiger partial charge in [-0.2, -0.15) is 0 Å². The normalized spacial score (nSPS) is 29.5. The average molecular weight is 158 g/mol. The maximum Gasteiger partial charge on any atom is 0.259 e. The van der Waals surface area contributed by atoms with Gasteiger partial charge in [0.05, 0.1) is 19.6 Å². The fourth-order valence-electron chi connectivity index (χ4n) is 1.21. The molecule has 0 aromatic carbocycles. The Morgan fingerprint density at radius 3 is 2.70 bits per heavy atom. The van der Waals surface area contributed by atoms with Crippen molar-refractivity contribution in [3.8, 4) is 0 Å². The number of amidine groups is 1. The van der Waals surface area contributed by atoms with Crippen LogP contribution in [0.25, 0.3) is 0 Å². The maximum atomic E-state index is 11.5. The SMILES string of the molecule is [O-][N+]1(C2=NCCS2)CCC1. The van der Waals surface area contributed by atoms with Gasteiger partial charge in [0.25, 0.3) is 5.17 Å². The van der Waals surface area contributed by atoms with Gasteiger partial charge < -0.3 is 9.85 Å². The average Bonchev–Trinajstić information content (AvgIpc) is 2.33. The molecule has 2 rings (SSSR count). The van der Waals surface area contributed by atoms with E-state index in [4.69, 9.17) is 0 Å². The van der Waals surface area contributed by atoms with Crippen molar-refractivity contribution in [3.63, 3.8) is 0 Å². The lowest BCUT2D eigenvalue weighted by Crippen LogP contribution is -2.55. The summed E-state index contributed by atoms with van der Waals surface area (Å²) in [5, 5.41) is 12.4. The number of rotatable bonds is 0. The van der Waals surface area contributed by atoms with Crippen LogP contribution in [-0.2, 0) is 0 Å². The van der Waals surface area contributed by atoms with Crippen molar-refractivity contribution in [1.29, 1.82) is 0 Å². The lowest BCUT2D eigenvalue weighted by molar-refractivity contribution is -0.828. The first kappa shape index (κ1) is 6.64. The molecule has 0 unspecified atom stereocenters. The molecule has 4 heteroatoms. The zero-order chi connectivity index (χ0) is 7.03. The molecule has 1 saturated heterocycles. The van der Waals surface area contributed by atoms with E-state index in [2.05, 4.69) is 4.99 Å². The van der Waals surface area contributed by atoms with E-state index in [0.29, 0.717) is 0 Å². The summed E-state index contributed by atoms with van der Waals surface area (Å²) in [4.78, 5) is 4.17. The van der Waals surface area contributed by atoms with E-state index in [1.165, 1.54) is 0 Å². The van der Waals surface area contributed by atoms with Crippen LogP contribution in [0, 0.1) is 5.21 Å². The van der Waals surface area contributed by atoms with Gasteiger partial charge in [-0.15, -0.1) is 0 Å². The van der Waals surface area contributed by atoms with E-state index < -0.39 is 0 Å². The molecule has 0 aromatic heterocycles. The minimum atomic E-state index is -0.120. The van der Waals surface area contributed by atoms with Crippen molar-refractivity contribution < 1.29 is 4.65 Å². The highest BCUT2D eigenvalue weighted by Gasteiger charge is 2.34. The second-order valence-corrected chi connectivity index (χ2v) is 3.76. The van der Waals surface area contributed by atoms with Crippen LogP contribution in [-0.4, -0.2) is 35.2 Å². The standard InChI is InChI=1S/C6H10N2OS/c9-8(3-1-4-8)6-7-2-5-10-6/h1-5H2. The number of nitrogens with zero attached hydrogens (tertiary/aromatic N) is 2. The molecule has 0 amide bonds. The summed E-state index contributed by atoms with van der Waals surface area (Å²) in [6.07, 6.45) is 1.07. The van der Waals surface area contributed by atoms with Crippen molar-refractivity contribution >= 4 is 16.9 Å². The van der Waals surface area contributed by atoms with E-state index in [-0.39, 0.29) is 4.65 Å². The van der Waals surface area contributed by atoms with Crippen LogP contribution in [0.1, 0.15) is 6.42 Å². The molecule has 3 nitrogen and oxygen atoms in total. The number of hydroxylamine groups is 3. The maximum absolute atomic E-state index is 11.5. The predicted octanol–water partition coefficient (Wildman–Crippen LogP) is 0.807. The van der Waals surface area contributed by atoms with E-state index in [1.807, 2.05) is 0 Å². The summed E-state index contributed by atoms with van der Waals surface area (Å²) >= 11 is 1.63. The molecule has 0 aliphatic carbocycles. The monoisotopic (exact) mass is 158 g/mol. The first-order chi connectivity index (χ1) is 4.81. The second kappa shape index (κ2) is 2.22. The molecule has 0 radical (unpaired) electrons. The van der Waals surface area contributed by atoms with Gasteiger partial charge in [-0.3, -0.25) is 0 Å². The fourth-order valence-corrected chi connectivity index (χ4v) is 2.17. The highest BCUT2D eigenvalue weighted by atomic mass is 32.2. The lowest BCUT2D eigenvalue weighted by atomic mass is 10.2. The Labute approximate surface area is 64.3 Å². The molecule has 2 heterocycles. The van der Waals surface area contributed by atoms with Crippen molar-refractivity contribution in [2.45, 2.75) is 6.42 Å². The predicted molar refractivity (Wildman–Crippen MR) is 42.7 cm³/mol. The minimum absolute atomic E-state index is 0.120. The van der Waals surface area contributed by atoms with Crippen LogP contribution in [0.3, 0.4) is 0 Å². The molecule has 56 valence electrons. The van der Waals surface area contributed by atoms with Crippen LogP contribution in [0.2, 0.25) is 0 Å². The number of likely N-dealkylation sites (tertiary alicyclic amines) is 1. The lowest BCUT2D eigenvalue weighted by Gasteiger charge is -2.47. The van der Waals surface area contributed by atoms with Crippen LogP contribution in [0.5, 0.6) is 0 Å². The summed E-state index contributed by atoms with van der Waals surface area (Å²) in [6.45, 7) is 2.36. The van der Waals surface area contributed by atoms with E-state index in [1.54, 1.807) is 11.8 Å². The minimum Gasteiger partial charge on any atom is -0.626 e. The van der Waals surface area contributed by atoms with Crippen LogP contribution >= 0.6 is 11.8 Å². The van der Waals surface area contributed by atoms with Gasteiger partial charge >= 0.3 is 0 Å². The van der Waals surface area contributed by atoms with Gasteiger partial charge in [0.15, 0.2) is 0 Å². The first-order valence-electron chi connectivity index (χ1n) is 3.57. The van der Waals surface area contributed by atoms with Gasteiger partial charge in [-0.25, -0.2) is 4.99 Å². The zero-order valence-corrected chi connectivity index (χ0v) is 6.56. The Balaban J connectivity index is 2.09. The third-order valence-electron chi connectivity index (χ3n) is 1.96. The van der Waals surface area contributed by atoms with Gasteiger partial charge in [0, 0.05) is 12.2 Å². The molecule has 0 bridgehead atoms. The quantitative estimate of drug-likeness (QED) is 0.386. The molecule has 0 atom stereocenters. The van der Waals surface area contributed by atoms with E-state index in [0.717, 1.165) is 37.0 Å². The van der Waals surface area contributed by atoms with Gasteiger partial charge in [0.2, 0.25) is 0 Å². The Morgan fingerprint density at radius 2 is 2.30 bits per heavy atom. The van der Waals surface area contributed by atoms with Crippen molar-refractivity contribution in [2.75, 3.05) is 25.4 Å². The first-order valence-corrected chi connectivity index (χ1v) is 4.56. The van der Waals surface area contributed by atoms with Gasteiger partial charge in [0.1, 0.15) is 0 Å². The molecule has 0 aromatic rings. The van der Waals surface area contributed by atoms with Crippen molar-refractivity contribution in [3.05, 3.63) is 5.21 Å². The van der Waals surface area contributed by atoms with Crippen LogP contribution < -0.4 is 0 Å². The van der Waals surface area contributed by atoms with E-state index in [9.17, 15) is 5.21 Å². The molecule has 10 heavy (non-hydrogen) atoms. The Morgan fingerprint density at radius 1 is 1.50 bits per heavy atom. The molecule has 2 aliphatic rings. The smallest absolute Gasteiger partial charge is 0.259 e. The number of quaternary nitrogens is 1. The summed E-state index contributed by atoms with van der Waals surface area (Å²) in [5.41, 5.74) is 0. The molecule has 0 saturated carbocycles. The molecular weight excluding hydrogens is 148 g/mol. The molecule has 0 spiro atoms. The largest absolute Gasteiger partial charge is 0.626 e. The molecule has 1 fully saturated rings. The summed E-state index contributed by atoms with van der Waals surface area (Å²) < 4.78 is -0.120.